The highest BCUT2D eigenvalue weighted by Crippen LogP contribution is 2.25. The predicted octanol–water partition coefficient (Wildman–Crippen LogP) is 1.41. The summed E-state index contributed by atoms with van der Waals surface area (Å²) in [6, 6.07) is 6.30. The Morgan fingerprint density at radius 1 is 1.32 bits per heavy atom. The van der Waals surface area contributed by atoms with Crippen LogP contribution in [-0.2, 0) is 0 Å². The molecule has 1 aromatic heterocycles. The van der Waals surface area contributed by atoms with E-state index in [1.54, 1.807) is 0 Å². The molecule has 2 aromatic rings. The quantitative estimate of drug-likeness (QED) is 0.781. The average molecular weight is 259 g/mol. The van der Waals surface area contributed by atoms with Crippen molar-refractivity contribution in [2.45, 2.75) is 13.0 Å². The molecule has 1 unspecified atom stereocenters. The third-order valence-electron chi connectivity index (χ3n) is 3.87. The molecule has 0 spiro atoms. The Balaban J connectivity index is 1.80. The minimum absolute atomic E-state index is 0.423. The maximum Gasteiger partial charge on any atom is 0.0937 e. The number of H-pyrrole nitrogens is 1. The number of benzene rings is 1. The molecule has 102 valence electrons. The lowest BCUT2D eigenvalue weighted by Gasteiger charge is -2.29. The second kappa shape index (κ2) is 5.33. The van der Waals surface area contributed by atoms with Gasteiger partial charge in [0.05, 0.1) is 6.10 Å². The first-order valence-corrected chi connectivity index (χ1v) is 6.93. The molecule has 19 heavy (non-hydrogen) atoms. The van der Waals surface area contributed by atoms with E-state index >= 15 is 0 Å². The Hall–Kier alpha value is -1.36. The molecule has 2 heterocycles. The van der Waals surface area contributed by atoms with E-state index in [0.29, 0.717) is 6.54 Å². The van der Waals surface area contributed by atoms with Gasteiger partial charge >= 0.3 is 0 Å². The fourth-order valence-electron chi connectivity index (χ4n) is 2.77. The fourth-order valence-corrected chi connectivity index (χ4v) is 2.77. The van der Waals surface area contributed by atoms with E-state index in [9.17, 15) is 5.11 Å². The summed E-state index contributed by atoms with van der Waals surface area (Å²) in [5, 5.41) is 14.9. The van der Waals surface area contributed by atoms with Crippen LogP contribution in [0.15, 0.2) is 24.4 Å². The molecule has 1 aliphatic heterocycles. The summed E-state index contributed by atoms with van der Waals surface area (Å²) in [5.41, 5.74) is 3.33. The molecule has 0 saturated carbocycles. The molecule has 4 heteroatoms. The SMILES string of the molecule is Cc1ccc2[nH]cc(C(O)CN3CCNCC3)c2c1. The molecule has 0 amide bonds. The molecule has 4 nitrogen and oxygen atoms in total. The minimum atomic E-state index is -0.423. The largest absolute Gasteiger partial charge is 0.387 e. The number of nitrogens with one attached hydrogen (secondary N) is 2. The number of β-amino-alcohol motifs (C(OH)–C–C–N with tert-alkyl or cyclic N) is 1. The zero-order chi connectivity index (χ0) is 13.2. The molecule has 0 bridgehead atoms. The molecule has 1 saturated heterocycles. The maximum atomic E-state index is 10.5. The van der Waals surface area contributed by atoms with Crippen LogP contribution in [0, 0.1) is 6.92 Å². The lowest BCUT2D eigenvalue weighted by atomic mass is 10.1. The number of hydrogen-bond donors (Lipinski definition) is 3. The van der Waals surface area contributed by atoms with Crippen molar-refractivity contribution in [2.24, 2.45) is 0 Å². The number of piperazine rings is 1. The molecule has 1 aromatic carbocycles. The van der Waals surface area contributed by atoms with Gasteiger partial charge in [0.15, 0.2) is 0 Å². The van der Waals surface area contributed by atoms with Gasteiger partial charge in [0, 0.05) is 55.4 Å². The molecule has 3 N–H and O–H groups in total. The standard InChI is InChI=1S/C15H21N3O/c1-11-2-3-14-12(8-11)13(9-17-14)15(19)10-18-6-4-16-5-7-18/h2-3,8-9,15-17,19H,4-7,10H2,1H3. The van der Waals surface area contributed by atoms with E-state index < -0.39 is 6.10 Å². The van der Waals surface area contributed by atoms with Gasteiger partial charge in [-0.1, -0.05) is 11.6 Å². The maximum absolute atomic E-state index is 10.5. The second-order valence-corrected chi connectivity index (χ2v) is 5.36. The second-order valence-electron chi connectivity index (χ2n) is 5.36. The Labute approximate surface area is 113 Å². The van der Waals surface area contributed by atoms with Crippen molar-refractivity contribution < 1.29 is 5.11 Å². The number of aryl methyl sites for hydroxylation is 1. The molecule has 0 aliphatic carbocycles. The highest BCUT2D eigenvalue weighted by atomic mass is 16.3. The first-order valence-electron chi connectivity index (χ1n) is 6.93. The van der Waals surface area contributed by atoms with Crippen LogP contribution >= 0.6 is 0 Å². The Morgan fingerprint density at radius 3 is 2.89 bits per heavy atom. The average Bonchev–Trinajstić information content (AvgIpc) is 2.82. The normalized spacial score (nSPS) is 18.8. The Kier molecular flexibility index (Phi) is 3.55. The molecular weight excluding hydrogens is 238 g/mol. The van der Waals surface area contributed by atoms with Crippen molar-refractivity contribution >= 4 is 10.9 Å². The van der Waals surface area contributed by atoms with Crippen molar-refractivity contribution in [3.05, 3.63) is 35.5 Å². The van der Waals surface area contributed by atoms with Crippen LogP contribution < -0.4 is 5.32 Å². The minimum Gasteiger partial charge on any atom is -0.387 e. The zero-order valence-corrected chi connectivity index (χ0v) is 11.3. The lowest BCUT2D eigenvalue weighted by molar-refractivity contribution is 0.106. The van der Waals surface area contributed by atoms with Gasteiger partial charge < -0.3 is 15.4 Å². The summed E-state index contributed by atoms with van der Waals surface area (Å²) < 4.78 is 0. The summed E-state index contributed by atoms with van der Waals surface area (Å²) in [6.07, 6.45) is 1.52. The van der Waals surface area contributed by atoms with Gasteiger partial charge in [0.1, 0.15) is 0 Å². The van der Waals surface area contributed by atoms with E-state index in [1.807, 2.05) is 6.20 Å². The lowest BCUT2D eigenvalue weighted by Crippen LogP contribution is -2.44. The molecule has 0 radical (unpaired) electrons. The number of aliphatic hydroxyl groups excluding tert-OH is 1. The van der Waals surface area contributed by atoms with E-state index in [-0.39, 0.29) is 0 Å². The summed E-state index contributed by atoms with van der Waals surface area (Å²) in [5.74, 6) is 0. The number of fused-ring (bicyclic) bond motifs is 1. The Bertz CT molecular complexity index is 558. The smallest absolute Gasteiger partial charge is 0.0937 e. The summed E-state index contributed by atoms with van der Waals surface area (Å²) >= 11 is 0. The van der Waals surface area contributed by atoms with Gasteiger partial charge in [-0.05, 0) is 19.1 Å². The number of aromatic amines is 1. The third kappa shape index (κ3) is 2.66. The summed E-state index contributed by atoms with van der Waals surface area (Å²) in [4.78, 5) is 5.56. The van der Waals surface area contributed by atoms with Crippen LogP contribution in [0.1, 0.15) is 17.2 Å². The predicted molar refractivity (Wildman–Crippen MR) is 77.3 cm³/mol. The van der Waals surface area contributed by atoms with Crippen LogP contribution in [-0.4, -0.2) is 47.7 Å². The van der Waals surface area contributed by atoms with Gasteiger partial charge in [-0.2, -0.15) is 0 Å². The summed E-state index contributed by atoms with van der Waals surface area (Å²) in [6.45, 7) is 6.85. The Morgan fingerprint density at radius 2 is 2.11 bits per heavy atom. The van der Waals surface area contributed by atoms with Crippen LogP contribution in [0.3, 0.4) is 0 Å². The number of rotatable bonds is 3. The highest BCUT2D eigenvalue weighted by molar-refractivity contribution is 5.84. The molecule has 1 aliphatic rings. The van der Waals surface area contributed by atoms with Crippen molar-refractivity contribution in [3.63, 3.8) is 0 Å². The van der Waals surface area contributed by atoms with Crippen LogP contribution in [0.5, 0.6) is 0 Å². The molecular formula is C15H21N3O. The van der Waals surface area contributed by atoms with Crippen molar-refractivity contribution in [1.29, 1.82) is 0 Å². The topological polar surface area (TPSA) is 51.3 Å². The van der Waals surface area contributed by atoms with Gasteiger partial charge in [-0.3, -0.25) is 4.90 Å². The molecule has 1 atom stereocenters. The highest BCUT2D eigenvalue weighted by Gasteiger charge is 2.18. The van der Waals surface area contributed by atoms with Crippen molar-refractivity contribution in [3.8, 4) is 0 Å². The van der Waals surface area contributed by atoms with E-state index in [0.717, 1.165) is 42.6 Å². The van der Waals surface area contributed by atoms with Gasteiger partial charge in [-0.15, -0.1) is 0 Å². The molecule has 1 fully saturated rings. The van der Waals surface area contributed by atoms with Crippen LogP contribution in [0.2, 0.25) is 0 Å². The van der Waals surface area contributed by atoms with Gasteiger partial charge in [0.2, 0.25) is 0 Å². The number of hydrogen-bond acceptors (Lipinski definition) is 3. The number of aromatic nitrogens is 1. The first kappa shape index (κ1) is 12.7. The number of nitrogens with zero attached hydrogens (tertiary/aromatic N) is 1. The van der Waals surface area contributed by atoms with E-state index in [2.05, 4.69) is 40.3 Å². The number of aliphatic hydroxyl groups is 1. The van der Waals surface area contributed by atoms with Gasteiger partial charge in [0.25, 0.3) is 0 Å². The van der Waals surface area contributed by atoms with Crippen molar-refractivity contribution in [2.75, 3.05) is 32.7 Å². The van der Waals surface area contributed by atoms with Crippen LogP contribution in [0.25, 0.3) is 10.9 Å². The van der Waals surface area contributed by atoms with Crippen LogP contribution in [0.4, 0.5) is 0 Å². The third-order valence-corrected chi connectivity index (χ3v) is 3.87. The summed E-state index contributed by atoms with van der Waals surface area (Å²) in [7, 11) is 0. The first-order chi connectivity index (χ1) is 9.24. The van der Waals surface area contributed by atoms with E-state index in [1.165, 1.54) is 5.56 Å². The fraction of sp³-hybridized carbons (Fsp3) is 0.467. The molecule has 3 rings (SSSR count). The zero-order valence-electron chi connectivity index (χ0n) is 11.3. The van der Waals surface area contributed by atoms with Gasteiger partial charge in [-0.25, -0.2) is 0 Å². The van der Waals surface area contributed by atoms with E-state index in [4.69, 9.17) is 0 Å². The monoisotopic (exact) mass is 259 g/mol. The van der Waals surface area contributed by atoms with Crippen molar-refractivity contribution in [1.82, 2.24) is 15.2 Å².